The molecule has 1 aliphatic heterocycles. The number of aliphatic hydroxyl groups is 1. The first-order valence-electron chi connectivity index (χ1n) is 18.1. The Morgan fingerprint density at radius 3 is 2.11 bits per heavy atom. The second-order valence-electron chi connectivity index (χ2n) is 13.0. The Labute approximate surface area is 325 Å². The van der Waals surface area contributed by atoms with E-state index in [2.05, 4.69) is 4.98 Å². The van der Waals surface area contributed by atoms with Crippen molar-refractivity contribution in [1.29, 1.82) is 5.26 Å². The summed E-state index contributed by atoms with van der Waals surface area (Å²) in [6, 6.07) is 26.7. The first-order valence-corrected chi connectivity index (χ1v) is 19.6. The smallest absolute Gasteiger partial charge is 0.475 e. The molecule has 16 heteroatoms. The van der Waals surface area contributed by atoms with Crippen LogP contribution in [0.1, 0.15) is 54.7 Å². The van der Waals surface area contributed by atoms with E-state index in [9.17, 15) is 24.5 Å². The van der Waals surface area contributed by atoms with Gasteiger partial charge in [0.15, 0.2) is 0 Å². The van der Waals surface area contributed by atoms with Crippen molar-refractivity contribution < 1.29 is 46.9 Å². The van der Waals surface area contributed by atoms with E-state index >= 15 is 0 Å². The lowest BCUT2D eigenvalue weighted by Crippen LogP contribution is -2.40. The van der Waals surface area contributed by atoms with Crippen LogP contribution in [0, 0.1) is 18.3 Å². The molecule has 1 fully saturated rings. The largest absolute Gasteiger partial charge is 0.497 e. The molecule has 4 unspecified atom stereocenters. The molecule has 3 aromatic carbocycles. The van der Waals surface area contributed by atoms with Gasteiger partial charge in [-0.15, -0.1) is 0 Å². The van der Waals surface area contributed by atoms with Crippen molar-refractivity contribution in [1.82, 2.24) is 9.55 Å². The number of nitriles is 1. The summed E-state index contributed by atoms with van der Waals surface area (Å²) >= 11 is 0. The molecule has 0 spiro atoms. The monoisotopic (exact) mass is 793 g/mol. The van der Waals surface area contributed by atoms with E-state index in [4.69, 9.17) is 37.3 Å². The molecule has 6 atom stereocenters. The van der Waals surface area contributed by atoms with Gasteiger partial charge in [-0.3, -0.25) is 27.9 Å². The van der Waals surface area contributed by atoms with E-state index in [0.29, 0.717) is 11.5 Å². The van der Waals surface area contributed by atoms with Gasteiger partial charge in [0.05, 0.1) is 58.7 Å². The summed E-state index contributed by atoms with van der Waals surface area (Å²) in [5.74, 6) is 1.33. The summed E-state index contributed by atoms with van der Waals surface area (Å²) in [5, 5.41) is 20.0. The number of hydrogen-bond acceptors (Lipinski definition) is 13. The van der Waals surface area contributed by atoms with Gasteiger partial charge in [-0.25, -0.2) is 9.36 Å². The summed E-state index contributed by atoms with van der Waals surface area (Å²) in [4.78, 5) is 26.6. The van der Waals surface area contributed by atoms with E-state index in [-0.39, 0.29) is 38.0 Å². The molecule has 1 aromatic heterocycles. The van der Waals surface area contributed by atoms with Crippen LogP contribution in [0.15, 0.2) is 94.6 Å². The lowest BCUT2D eigenvalue weighted by Gasteiger charge is -2.38. The van der Waals surface area contributed by atoms with Crippen LogP contribution in [0.3, 0.4) is 0 Å². The van der Waals surface area contributed by atoms with Crippen molar-refractivity contribution >= 4 is 7.82 Å². The Morgan fingerprint density at radius 2 is 1.55 bits per heavy atom. The van der Waals surface area contributed by atoms with Gasteiger partial charge < -0.3 is 28.8 Å². The highest BCUT2D eigenvalue weighted by molar-refractivity contribution is 7.48. The van der Waals surface area contributed by atoms with Gasteiger partial charge in [-0.1, -0.05) is 61.5 Å². The van der Waals surface area contributed by atoms with E-state index < -0.39 is 61.9 Å². The van der Waals surface area contributed by atoms with Gasteiger partial charge >= 0.3 is 13.5 Å². The number of phosphoric acid groups is 1. The van der Waals surface area contributed by atoms with Crippen molar-refractivity contribution in [3.63, 3.8) is 0 Å². The zero-order chi connectivity index (χ0) is 40.3. The van der Waals surface area contributed by atoms with Crippen molar-refractivity contribution in [2.75, 3.05) is 41.2 Å². The molecule has 56 heavy (non-hydrogen) atoms. The van der Waals surface area contributed by atoms with Crippen molar-refractivity contribution in [2.45, 2.75) is 69.4 Å². The molecule has 5 rings (SSSR count). The number of aliphatic hydroxyl groups excluding tert-OH is 1. The molecule has 15 nitrogen and oxygen atoms in total. The summed E-state index contributed by atoms with van der Waals surface area (Å²) < 4.78 is 62.7. The van der Waals surface area contributed by atoms with Gasteiger partial charge in [0.1, 0.15) is 35.5 Å². The van der Waals surface area contributed by atoms with Gasteiger partial charge in [-0.05, 0) is 54.3 Å². The first kappa shape index (κ1) is 42.5. The molecular weight excluding hydrogens is 745 g/mol. The summed E-state index contributed by atoms with van der Waals surface area (Å²) in [5.41, 5.74) is 0.261. The number of phosphoric ester groups is 1. The van der Waals surface area contributed by atoms with Crippen LogP contribution in [-0.2, 0) is 37.9 Å². The van der Waals surface area contributed by atoms with E-state index in [1.807, 2.05) is 91.9 Å². The van der Waals surface area contributed by atoms with Crippen molar-refractivity contribution in [2.24, 2.45) is 0 Å². The standard InChI is InChI=1S/C40H48N3O12P/c1-6-34(55-56(47,52-22-10-21-41)53-26-35-33(44)23-37(54-35)43-24-27(2)38(45)42-39(43)46)36(50-5)25-51-40(28-11-8-7-9-12-28,29-13-17-31(48-3)18-14-29)30-15-19-32(49-4)20-16-30/h7-9,11-20,24,33-37,44H,6,10,22-23,25-26H2,1-5H3,(H,42,45,46)/t33?,34?,35-,36?,37-,56?/m1/s1. The van der Waals surface area contributed by atoms with Gasteiger partial charge in [0.2, 0.25) is 0 Å². The van der Waals surface area contributed by atoms with Gasteiger partial charge in [0.25, 0.3) is 5.56 Å². The number of aromatic nitrogens is 2. The minimum Gasteiger partial charge on any atom is -0.497 e. The second kappa shape index (κ2) is 19.5. The molecule has 0 bridgehead atoms. The number of hydrogen-bond donors (Lipinski definition) is 2. The predicted molar refractivity (Wildman–Crippen MR) is 205 cm³/mol. The highest BCUT2D eigenvalue weighted by atomic mass is 31.2. The van der Waals surface area contributed by atoms with Crippen LogP contribution < -0.4 is 20.7 Å². The third-order valence-electron chi connectivity index (χ3n) is 9.54. The molecule has 300 valence electrons. The van der Waals surface area contributed by atoms with Crippen LogP contribution in [0.25, 0.3) is 0 Å². The molecule has 1 saturated heterocycles. The summed E-state index contributed by atoms with van der Waals surface area (Å²) in [7, 11) is 0.211. The lowest BCUT2D eigenvalue weighted by molar-refractivity contribution is -0.0973. The number of nitrogens with one attached hydrogen (secondary N) is 1. The van der Waals surface area contributed by atoms with Crippen LogP contribution >= 0.6 is 7.82 Å². The molecule has 4 aromatic rings. The third-order valence-corrected chi connectivity index (χ3v) is 11.0. The molecule has 2 heterocycles. The maximum atomic E-state index is 14.3. The highest BCUT2D eigenvalue weighted by Gasteiger charge is 2.42. The topological polar surface area (TPSA) is 190 Å². The molecule has 1 aliphatic rings. The fourth-order valence-electron chi connectivity index (χ4n) is 6.48. The van der Waals surface area contributed by atoms with Crippen molar-refractivity contribution in [3.05, 3.63) is 128 Å². The van der Waals surface area contributed by atoms with Crippen molar-refractivity contribution in [3.8, 4) is 17.6 Å². The Hall–Kier alpha value is -4.62. The number of benzene rings is 3. The Kier molecular flexibility index (Phi) is 14.8. The maximum absolute atomic E-state index is 14.3. The minimum absolute atomic E-state index is 0.00784. The Bertz CT molecular complexity index is 2020. The number of aromatic amines is 1. The van der Waals surface area contributed by atoms with Crippen LogP contribution in [0.5, 0.6) is 11.5 Å². The number of rotatable bonds is 20. The fraction of sp³-hybridized carbons (Fsp3) is 0.425. The average Bonchev–Trinajstić information content (AvgIpc) is 3.60. The Morgan fingerprint density at radius 1 is 0.946 bits per heavy atom. The third kappa shape index (κ3) is 9.84. The molecule has 0 saturated carbocycles. The van der Waals surface area contributed by atoms with E-state index in [1.165, 1.54) is 24.8 Å². The number of methoxy groups -OCH3 is 3. The molecular formula is C40H48N3O12P. The zero-order valence-electron chi connectivity index (χ0n) is 32.0. The summed E-state index contributed by atoms with van der Waals surface area (Å²) in [6.07, 6.45) is -3.34. The van der Waals surface area contributed by atoms with Crippen LogP contribution in [0.4, 0.5) is 0 Å². The van der Waals surface area contributed by atoms with Gasteiger partial charge in [0, 0.05) is 25.3 Å². The number of ether oxygens (including phenoxy) is 5. The molecule has 0 aliphatic carbocycles. The lowest BCUT2D eigenvalue weighted by atomic mass is 9.80. The second-order valence-corrected chi connectivity index (χ2v) is 14.7. The first-order chi connectivity index (χ1) is 27.0. The molecule has 0 radical (unpaired) electrons. The average molecular weight is 794 g/mol. The quantitative estimate of drug-likeness (QED) is 0.0660. The van der Waals surface area contributed by atoms with Crippen LogP contribution in [-0.4, -0.2) is 80.2 Å². The summed E-state index contributed by atoms with van der Waals surface area (Å²) in [6.45, 7) is 2.56. The highest BCUT2D eigenvalue weighted by Crippen LogP contribution is 2.52. The van der Waals surface area contributed by atoms with E-state index in [1.54, 1.807) is 14.2 Å². The molecule has 2 N–H and O–H groups in total. The minimum atomic E-state index is -4.46. The maximum Gasteiger partial charge on any atom is 0.475 e. The molecule has 0 amide bonds. The zero-order valence-corrected chi connectivity index (χ0v) is 32.9. The predicted octanol–water partition coefficient (Wildman–Crippen LogP) is 5.38. The number of aryl methyl sites for hydroxylation is 1. The van der Waals surface area contributed by atoms with Crippen LogP contribution in [0.2, 0.25) is 0 Å². The van der Waals surface area contributed by atoms with E-state index in [0.717, 1.165) is 16.7 Å². The number of H-pyrrole nitrogens is 1. The SMILES string of the molecule is CCC(OP(=O)(OCCC#N)OC[C@H]1O[C@@H](n2cc(C)c(=O)[nH]c2=O)CC1O)C(COC(c1ccccc1)(c1ccc(OC)cc1)c1ccc(OC)cc1)OC. The fourth-order valence-corrected chi connectivity index (χ4v) is 7.94. The van der Waals surface area contributed by atoms with Gasteiger partial charge in [-0.2, -0.15) is 5.26 Å². The Balaban J connectivity index is 1.41. The normalized spacial score (nSPS) is 19.1. The number of nitrogens with zero attached hydrogens (tertiary/aromatic N) is 2.